The summed E-state index contributed by atoms with van der Waals surface area (Å²) in [5.41, 5.74) is 6.86. The molecule has 8 nitrogen and oxygen atoms in total. The molecule has 144 valence electrons. The number of anilines is 1. The Bertz CT molecular complexity index is 844. The Kier molecular flexibility index (Phi) is 5.53. The molecule has 0 bridgehead atoms. The van der Waals surface area contributed by atoms with E-state index in [1.165, 1.54) is 0 Å². The van der Waals surface area contributed by atoms with Crippen molar-refractivity contribution in [1.29, 1.82) is 0 Å². The number of carbonyl (C=O) groups is 2. The minimum absolute atomic E-state index is 0.0253. The van der Waals surface area contributed by atoms with Crippen LogP contribution in [-0.2, 0) is 13.5 Å². The van der Waals surface area contributed by atoms with E-state index in [1.807, 2.05) is 0 Å². The minimum Gasteiger partial charge on any atom is -0.368 e. The second kappa shape index (κ2) is 7.85. The molecule has 3 rings (SSSR count). The van der Waals surface area contributed by atoms with Crippen LogP contribution in [0.4, 0.5) is 5.95 Å². The molecule has 1 fully saturated rings. The molecule has 0 aromatic carbocycles. The number of ketones is 1. The van der Waals surface area contributed by atoms with Crippen LogP contribution in [0.3, 0.4) is 0 Å². The molecular formula is C19H26N6O2. The van der Waals surface area contributed by atoms with Crippen LogP contribution in [0.15, 0.2) is 18.5 Å². The molecule has 1 amide bonds. The van der Waals surface area contributed by atoms with Crippen LogP contribution in [-0.4, -0.2) is 49.2 Å². The van der Waals surface area contributed by atoms with Crippen LogP contribution in [0.25, 0.3) is 0 Å². The number of piperidine rings is 1. The number of hydrogen-bond acceptors (Lipinski definition) is 6. The highest BCUT2D eigenvalue weighted by Crippen LogP contribution is 2.22. The van der Waals surface area contributed by atoms with Crippen molar-refractivity contribution in [2.24, 2.45) is 18.9 Å². The van der Waals surface area contributed by atoms with Crippen LogP contribution in [0.5, 0.6) is 0 Å². The highest BCUT2D eigenvalue weighted by molar-refractivity contribution is 5.96. The summed E-state index contributed by atoms with van der Waals surface area (Å²) in [6.45, 7) is 5.14. The van der Waals surface area contributed by atoms with Crippen LogP contribution in [0.2, 0.25) is 0 Å². The molecular weight excluding hydrogens is 344 g/mol. The van der Waals surface area contributed by atoms with E-state index < -0.39 is 0 Å². The van der Waals surface area contributed by atoms with Gasteiger partial charge in [0.05, 0.1) is 0 Å². The summed E-state index contributed by atoms with van der Waals surface area (Å²) < 4.78 is 1.71. The summed E-state index contributed by atoms with van der Waals surface area (Å²) >= 11 is 0. The highest BCUT2D eigenvalue weighted by atomic mass is 16.2. The van der Waals surface area contributed by atoms with Crippen molar-refractivity contribution in [2.45, 2.75) is 33.1 Å². The van der Waals surface area contributed by atoms with E-state index >= 15 is 0 Å². The lowest BCUT2D eigenvalue weighted by Crippen LogP contribution is -2.43. The van der Waals surface area contributed by atoms with Crippen LogP contribution in [0.1, 0.15) is 53.5 Å². The van der Waals surface area contributed by atoms with Gasteiger partial charge in [0.2, 0.25) is 11.7 Å². The standard InChI is InChI=1S/C19H26N6O2/c1-12(2)9-14-10-15(23-19(20)22-14)18(27)25-7-4-5-13(11-25)16(26)17-21-6-8-24(17)3/h6,8,10,12-13H,4-5,7,9,11H2,1-3H3,(H2,20,22,23). The van der Waals surface area contributed by atoms with Gasteiger partial charge in [0.15, 0.2) is 5.82 Å². The van der Waals surface area contributed by atoms with E-state index in [9.17, 15) is 9.59 Å². The fraction of sp³-hybridized carbons (Fsp3) is 0.526. The molecule has 2 aromatic heterocycles. The van der Waals surface area contributed by atoms with Gasteiger partial charge in [-0.15, -0.1) is 0 Å². The quantitative estimate of drug-likeness (QED) is 0.803. The first-order valence-corrected chi connectivity index (χ1v) is 9.29. The van der Waals surface area contributed by atoms with Crippen molar-refractivity contribution >= 4 is 17.6 Å². The summed E-state index contributed by atoms with van der Waals surface area (Å²) in [4.78, 5) is 39.9. The largest absolute Gasteiger partial charge is 0.368 e. The van der Waals surface area contributed by atoms with Crippen molar-refractivity contribution in [2.75, 3.05) is 18.8 Å². The van der Waals surface area contributed by atoms with Crippen molar-refractivity contribution < 1.29 is 9.59 Å². The van der Waals surface area contributed by atoms with Gasteiger partial charge in [-0.1, -0.05) is 13.8 Å². The number of aryl methyl sites for hydroxylation is 1. The van der Waals surface area contributed by atoms with E-state index in [0.29, 0.717) is 30.5 Å². The predicted molar refractivity (Wildman–Crippen MR) is 101 cm³/mol. The highest BCUT2D eigenvalue weighted by Gasteiger charge is 2.31. The first-order valence-electron chi connectivity index (χ1n) is 9.29. The Labute approximate surface area is 158 Å². The smallest absolute Gasteiger partial charge is 0.272 e. The molecule has 2 aromatic rings. The topological polar surface area (TPSA) is 107 Å². The lowest BCUT2D eigenvalue weighted by Gasteiger charge is -2.31. The molecule has 1 aliphatic heterocycles. The molecule has 0 aliphatic carbocycles. The molecule has 1 saturated heterocycles. The number of carbonyl (C=O) groups excluding carboxylic acids is 2. The first-order chi connectivity index (χ1) is 12.8. The molecule has 1 unspecified atom stereocenters. The first kappa shape index (κ1) is 19.0. The molecule has 0 spiro atoms. The molecule has 1 aliphatic rings. The zero-order chi connectivity index (χ0) is 19.6. The Hall–Kier alpha value is -2.77. The molecule has 3 heterocycles. The average molecular weight is 370 g/mol. The van der Waals surface area contributed by atoms with Gasteiger partial charge < -0.3 is 15.2 Å². The van der Waals surface area contributed by atoms with Crippen LogP contribution in [0, 0.1) is 11.8 Å². The molecule has 0 radical (unpaired) electrons. The van der Waals surface area contributed by atoms with Crippen molar-refractivity contribution in [3.8, 4) is 0 Å². The number of rotatable bonds is 5. The van der Waals surface area contributed by atoms with Crippen LogP contribution >= 0.6 is 0 Å². The number of likely N-dealkylation sites (tertiary alicyclic amines) is 1. The number of nitrogens with two attached hydrogens (primary N) is 1. The third-order valence-electron chi connectivity index (χ3n) is 4.75. The number of aromatic nitrogens is 4. The average Bonchev–Trinajstić information content (AvgIpc) is 3.05. The lowest BCUT2D eigenvalue weighted by atomic mass is 9.93. The number of amides is 1. The molecule has 8 heteroatoms. The maximum atomic E-state index is 13.0. The number of imidazole rings is 1. The van der Waals surface area contributed by atoms with E-state index in [2.05, 4.69) is 28.8 Å². The normalized spacial score (nSPS) is 17.3. The monoisotopic (exact) mass is 370 g/mol. The SMILES string of the molecule is CC(C)Cc1cc(C(=O)N2CCCC(C(=O)c3nccn3C)C2)nc(N)n1. The number of nitrogens with zero attached hydrogens (tertiary/aromatic N) is 5. The van der Waals surface area contributed by atoms with Crippen molar-refractivity contribution in [3.05, 3.63) is 35.7 Å². The van der Waals surface area contributed by atoms with Gasteiger partial charge >= 0.3 is 0 Å². The maximum Gasteiger partial charge on any atom is 0.272 e. The Balaban J connectivity index is 1.76. The number of nitrogen functional groups attached to an aromatic ring is 1. The summed E-state index contributed by atoms with van der Waals surface area (Å²) in [6.07, 6.45) is 5.61. The van der Waals surface area contributed by atoms with Gasteiger partial charge in [0.25, 0.3) is 5.91 Å². The fourth-order valence-electron chi connectivity index (χ4n) is 3.47. The molecule has 0 saturated carbocycles. The zero-order valence-electron chi connectivity index (χ0n) is 16.1. The van der Waals surface area contributed by atoms with E-state index in [0.717, 1.165) is 25.0 Å². The van der Waals surface area contributed by atoms with Crippen molar-refractivity contribution in [3.63, 3.8) is 0 Å². The van der Waals surface area contributed by atoms with E-state index in [4.69, 9.17) is 5.73 Å². The van der Waals surface area contributed by atoms with Gasteiger partial charge in [-0.05, 0) is 31.2 Å². The van der Waals surface area contributed by atoms with E-state index in [-0.39, 0.29) is 23.6 Å². The van der Waals surface area contributed by atoms with Gasteiger partial charge in [-0.3, -0.25) is 9.59 Å². The van der Waals surface area contributed by atoms with Gasteiger partial charge in [-0.25, -0.2) is 15.0 Å². The summed E-state index contributed by atoms with van der Waals surface area (Å²) in [7, 11) is 1.80. The molecule has 2 N–H and O–H groups in total. The van der Waals surface area contributed by atoms with Crippen molar-refractivity contribution in [1.82, 2.24) is 24.4 Å². The second-order valence-electron chi connectivity index (χ2n) is 7.52. The van der Waals surface area contributed by atoms with Gasteiger partial charge in [0.1, 0.15) is 5.69 Å². The van der Waals surface area contributed by atoms with E-state index in [1.54, 1.807) is 35.0 Å². The summed E-state index contributed by atoms with van der Waals surface area (Å²) in [5.74, 6) is 0.457. The summed E-state index contributed by atoms with van der Waals surface area (Å²) in [5, 5.41) is 0. The Morgan fingerprint density at radius 2 is 2.11 bits per heavy atom. The second-order valence-corrected chi connectivity index (χ2v) is 7.52. The summed E-state index contributed by atoms with van der Waals surface area (Å²) in [6, 6.07) is 1.71. The Morgan fingerprint density at radius 1 is 1.33 bits per heavy atom. The van der Waals surface area contributed by atoms with Gasteiger partial charge in [0, 0.05) is 44.1 Å². The van der Waals surface area contributed by atoms with Crippen LogP contribution < -0.4 is 5.73 Å². The lowest BCUT2D eigenvalue weighted by molar-refractivity contribution is 0.0627. The predicted octanol–water partition coefficient (Wildman–Crippen LogP) is 1.73. The minimum atomic E-state index is -0.252. The number of hydrogen-bond donors (Lipinski definition) is 1. The molecule has 27 heavy (non-hydrogen) atoms. The maximum absolute atomic E-state index is 13.0. The third kappa shape index (κ3) is 4.32. The fourth-order valence-corrected chi connectivity index (χ4v) is 3.47. The number of Topliss-reactive ketones (excluding diaryl/α,β-unsaturated/α-hetero) is 1. The third-order valence-corrected chi connectivity index (χ3v) is 4.75. The Morgan fingerprint density at radius 3 is 2.78 bits per heavy atom. The zero-order valence-corrected chi connectivity index (χ0v) is 16.1. The van der Waals surface area contributed by atoms with Gasteiger partial charge in [-0.2, -0.15) is 0 Å². The molecule has 1 atom stereocenters.